The number of carbonyl (C=O) groups is 1. The van der Waals surface area contributed by atoms with E-state index in [2.05, 4.69) is 5.32 Å². The van der Waals surface area contributed by atoms with Gasteiger partial charge < -0.3 is 10.4 Å². The van der Waals surface area contributed by atoms with E-state index in [1.54, 1.807) is 6.07 Å². The van der Waals surface area contributed by atoms with Crippen LogP contribution in [0.15, 0.2) is 18.2 Å². The molecule has 0 spiro atoms. The smallest absolute Gasteiger partial charge is 0.343 e. The highest BCUT2D eigenvalue weighted by Gasteiger charge is 2.22. The predicted octanol–water partition coefficient (Wildman–Crippen LogP) is 1.79. The maximum absolute atomic E-state index is 11.1. The molecule has 0 atom stereocenters. The number of rotatable bonds is 5. The third kappa shape index (κ3) is 3.25. The molecule has 0 radical (unpaired) electrons. The summed E-state index contributed by atoms with van der Waals surface area (Å²) in [5.41, 5.74) is -0.202. The molecule has 6 heteroatoms. The van der Waals surface area contributed by atoms with Crippen LogP contribution in [0.1, 0.15) is 29.8 Å². The fourth-order valence-corrected chi connectivity index (χ4v) is 1.45. The van der Waals surface area contributed by atoms with E-state index in [4.69, 9.17) is 5.11 Å². The molecule has 1 aromatic carbocycles. The second kappa shape index (κ2) is 5.40. The Morgan fingerprint density at radius 3 is 2.65 bits per heavy atom. The Labute approximate surface area is 98.4 Å². The average Bonchev–Trinajstić information content (AvgIpc) is 2.25. The van der Waals surface area contributed by atoms with E-state index in [1.165, 1.54) is 12.1 Å². The lowest BCUT2D eigenvalue weighted by molar-refractivity contribution is -0.385. The van der Waals surface area contributed by atoms with E-state index in [-0.39, 0.29) is 17.3 Å². The maximum atomic E-state index is 11.1. The molecule has 0 amide bonds. The highest BCUT2D eigenvalue weighted by Crippen LogP contribution is 2.22. The number of benzene rings is 1. The number of carboxylic acid groups (broad SMARTS) is 1. The first-order valence-corrected chi connectivity index (χ1v) is 5.16. The lowest BCUT2D eigenvalue weighted by Gasteiger charge is -2.10. The first-order valence-electron chi connectivity index (χ1n) is 5.16. The van der Waals surface area contributed by atoms with Gasteiger partial charge in [0.15, 0.2) is 0 Å². The van der Waals surface area contributed by atoms with Crippen molar-refractivity contribution in [2.45, 2.75) is 26.4 Å². The molecule has 0 aromatic heterocycles. The van der Waals surface area contributed by atoms with Crippen LogP contribution in [0.3, 0.4) is 0 Å². The van der Waals surface area contributed by atoms with Crippen molar-refractivity contribution in [3.8, 4) is 0 Å². The molecule has 0 unspecified atom stereocenters. The van der Waals surface area contributed by atoms with Gasteiger partial charge in [0.05, 0.1) is 4.92 Å². The minimum Gasteiger partial charge on any atom is -0.477 e. The Morgan fingerprint density at radius 1 is 1.53 bits per heavy atom. The molecule has 0 aliphatic carbocycles. The van der Waals surface area contributed by atoms with Crippen molar-refractivity contribution in [1.82, 2.24) is 5.32 Å². The summed E-state index contributed by atoms with van der Waals surface area (Å²) in [7, 11) is 0. The molecule has 0 saturated carbocycles. The minimum absolute atomic E-state index is 0.177. The zero-order chi connectivity index (χ0) is 13.0. The predicted molar refractivity (Wildman–Crippen MR) is 62.0 cm³/mol. The van der Waals surface area contributed by atoms with Crippen LogP contribution in [0.2, 0.25) is 0 Å². The monoisotopic (exact) mass is 238 g/mol. The summed E-state index contributed by atoms with van der Waals surface area (Å²) in [5.74, 6) is -1.28. The molecule has 0 heterocycles. The number of nitrogens with one attached hydrogen (secondary N) is 1. The molecule has 6 nitrogen and oxygen atoms in total. The Hall–Kier alpha value is -1.95. The van der Waals surface area contributed by atoms with Gasteiger partial charge >= 0.3 is 5.97 Å². The Kier molecular flexibility index (Phi) is 4.17. The van der Waals surface area contributed by atoms with Crippen LogP contribution in [0.4, 0.5) is 5.69 Å². The van der Waals surface area contributed by atoms with E-state index >= 15 is 0 Å². The van der Waals surface area contributed by atoms with Gasteiger partial charge in [-0.1, -0.05) is 26.0 Å². The summed E-state index contributed by atoms with van der Waals surface area (Å²) in [6.45, 7) is 4.12. The van der Waals surface area contributed by atoms with Gasteiger partial charge in [0.1, 0.15) is 5.56 Å². The fourth-order valence-electron chi connectivity index (χ4n) is 1.45. The van der Waals surface area contributed by atoms with Gasteiger partial charge in [0.2, 0.25) is 0 Å². The van der Waals surface area contributed by atoms with Gasteiger partial charge in [-0.15, -0.1) is 0 Å². The van der Waals surface area contributed by atoms with Crippen LogP contribution in [-0.4, -0.2) is 22.0 Å². The van der Waals surface area contributed by atoms with E-state index < -0.39 is 10.9 Å². The number of aromatic carboxylic acids is 1. The Balaban J connectivity index is 3.16. The third-order valence-corrected chi connectivity index (χ3v) is 2.24. The summed E-state index contributed by atoms with van der Waals surface area (Å²) in [5, 5.41) is 22.8. The molecule has 2 N–H and O–H groups in total. The first-order chi connectivity index (χ1) is 7.93. The summed E-state index contributed by atoms with van der Waals surface area (Å²) >= 11 is 0. The van der Waals surface area contributed by atoms with Gasteiger partial charge in [0, 0.05) is 18.7 Å². The lowest BCUT2D eigenvalue weighted by Crippen LogP contribution is -2.23. The maximum Gasteiger partial charge on any atom is 0.343 e. The number of nitrogens with zero attached hydrogens (tertiary/aromatic N) is 1. The van der Waals surface area contributed by atoms with Crippen LogP contribution >= 0.6 is 0 Å². The van der Waals surface area contributed by atoms with Gasteiger partial charge in [-0.05, 0) is 5.56 Å². The van der Waals surface area contributed by atoms with E-state index in [1.807, 2.05) is 13.8 Å². The molecule has 0 aliphatic rings. The number of carboxylic acids is 1. The standard InChI is InChI=1S/C11H14N2O4/c1-7(2)12-6-8-4-3-5-9(13(16)17)10(8)11(14)15/h3-5,7,12H,6H2,1-2H3,(H,14,15). The van der Waals surface area contributed by atoms with Crippen LogP contribution in [0.25, 0.3) is 0 Å². The molecule has 0 fully saturated rings. The zero-order valence-corrected chi connectivity index (χ0v) is 9.64. The van der Waals surface area contributed by atoms with E-state index in [0.29, 0.717) is 12.1 Å². The van der Waals surface area contributed by atoms with E-state index in [0.717, 1.165) is 0 Å². The lowest BCUT2D eigenvalue weighted by atomic mass is 10.1. The molecule has 0 aliphatic heterocycles. The average molecular weight is 238 g/mol. The normalized spacial score (nSPS) is 10.5. The topological polar surface area (TPSA) is 92.5 Å². The second-order valence-electron chi connectivity index (χ2n) is 3.91. The van der Waals surface area contributed by atoms with Crippen LogP contribution in [0, 0.1) is 10.1 Å². The van der Waals surface area contributed by atoms with Crippen LogP contribution < -0.4 is 5.32 Å². The van der Waals surface area contributed by atoms with Crippen molar-refractivity contribution in [1.29, 1.82) is 0 Å². The van der Waals surface area contributed by atoms with Gasteiger partial charge in [0.25, 0.3) is 5.69 Å². The van der Waals surface area contributed by atoms with Crippen molar-refractivity contribution >= 4 is 11.7 Å². The summed E-state index contributed by atoms with van der Waals surface area (Å²) in [6, 6.07) is 4.44. The zero-order valence-electron chi connectivity index (χ0n) is 9.64. The Bertz CT molecular complexity index is 443. The highest BCUT2D eigenvalue weighted by atomic mass is 16.6. The van der Waals surface area contributed by atoms with Crippen molar-refractivity contribution in [2.24, 2.45) is 0 Å². The summed E-state index contributed by atoms with van der Waals surface area (Å²) in [6.07, 6.45) is 0. The second-order valence-corrected chi connectivity index (χ2v) is 3.91. The molecular weight excluding hydrogens is 224 g/mol. The molecule has 1 aromatic rings. The third-order valence-electron chi connectivity index (χ3n) is 2.24. The molecular formula is C11H14N2O4. The largest absolute Gasteiger partial charge is 0.477 e. The van der Waals surface area contributed by atoms with Crippen molar-refractivity contribution < 1.29 is 14.8 Å². The molecule has 1 rings (SSSR count). The molecule has 92 valence electrons. The summed E-state index contributed by atoms with van der Waals surface area (Å²) in [4.78, 5) is 21.1. The van der Waals surface area contributed by atoms with Crippen molar-refractivity contribution in [2.75, 3.05) is 0 Å². The number of hydrogen-bond donors (Lipinski definition) is 2. The van der Waals surface area contributed by atoms with Crippen molar-refractivity contribution in [3.05, 3.63) is 39.4 Å². The Morgan fingerprint density at radius 2 is 2.18 bits per heavy atom. The molecule has 0 saturated heterocycles. The first kappa shape index (κ1) is 13.1. The number of nitro benzene ring substituents is 1. The van der Waals surface area contributed by atoms with Crippen LogP contribution in [0.5, 0.6) is 0 Å². The number of hydrogen-bond acceptors (Lipinski definition) is 4. The highest BCUT2D eigenvalue weighted by molar-refractivity contribution is 5.94. The SMILES string of the molecule is CC(C)NCc1cccc([N+](=O)[O-])c1C(=O)O. The van der Waals surface area contributed by atoms with Crippen molar-refractivity contribution in [3.63, 3.8) is 0 Å². The molecule has 17 heavy (non-hydrogen) atoms. The minimum atomic E-state index is -1.28. The van der Waals surface area contributed by atoms with Crippen LogP contribution in [-0.2, 0) is 6.54 Å². The number of nitro groups is 1. The van der Waals surface area contributed by atoms with Gasteiger partial charge in [-0.2, -0.15) is 0 Å². The van der Waals surface area contributed by atoms with E-state index in [9.17, 15) is 14.9 Å². The fraction of sp³-hybridized carbons (Fsp3) is 0.364. The van der Waals surface area contributed by atoms with Gasteiger partial charge in [-0.25, -0.2) is 4.79 Å². The summed E-state index contributed by atoms with van der Waals surface area (Å²) < 4.78 is 0. The van der Waals surface area contributed by atoms with Gasteiger partial charge in [-0.3, -0.25) is 10.1 Å². The molecule has 0 bridgehead atoms. The quantitative estimate of drug-likeness (QED) is 0.602.